The highest BCUT2D eigenvalue weighted by Crippen LogP contribution is 2.23. The van der Waals surface area contributed by atoms with E-state index < -0.39 is 0 Å². The van der Waals surface area contributed by atoms with Gasteiger partial charge < -0.3 is 5.32 Å². The molecule has 0 saturated heterocycles. The number of nitrogens with one attached hydrogen (secondary N) is 1. The first-order valence-electron chi connectivity index (χ1n) is 7.33. The fourth-order valence-corrected chi connectivity index (χ4v) is 2.68. The minimum atomic E-state index is -0.162. The van der Waals surface area contributed by atoms with Crippen molar-refractivity contribution in [2.24, 2.45) is 0 Å². The molecule has 0 radical (unpaired) electrons. The topological polar surface area (TPSA) is 59.3 Å². The summed E-state index contributed by atoms with van der Waals surface area (Å²) < 4.78 is 1.84. The number of carbonyl (C=O) groups is 1. The van der Waals surface area contributed by atoms with Gasteiger partial charge in [0.1, 0.15) is 5.82 Å². The second kappa shape index (κ2) is 5.21. The van der Waals surface area contributed by atoms with Gasteiger partial charge in [-0.25, -0.2) is 0 Å². The molecular weight excluding hydrogens is 288 g/mol. The molecule has 23 heavy (non-hydrogen) atoms. The molecule has 0 unspecified atom stereocenters. The molecular formula is C18H14N4O. The second-order valence-corrected chi connectivity index (χ2v) is 5.37. The number of aromatic nitrogens is 3. The third kappa shape index (κ3) is 2.32. The van der Waals surface area contributed by atoms with Crippen molar-refractivity contribution >= 4 is 28.0 Å². The lowest BCUT2D eigenvalue weighted by atomic mass is 10.1. The van der Waals surface area contributed by atoms with E-state index in [0.717, 1.165) is 22.3 Å². The molecule has 0 fully saturated rings. The average molecular weight is 302 g/mol. The first kappa shape index (κ1) is 13.5. The van der Waals surface area contributed by atoms with Crippen LogP contribution >= 0.6 is 0 Å². The Kier molecular flexibility index (Phi) is 3.05. The molecule has 0 saturated carbocycles. The SMILES string of the molecule is Cc1nnc2cc(C(=O)Nc3cccc4ccccc34)ccn12. The van der Waals surface area contributed by atoms with E-state index in [4.69, 9.17) is 0 Å². The first-order valence-corrected chi connectivity index (χ1v) is 7.33. The number of aryl methyl sites for hydroxylation is 1. The highest BCUT2D eigenvalue weighted by atomic mass is 16.1. The maximum absolute atomic E-state index is 12.5. The molecule has 4 rings (SSSR count). The van der Waals surface area contributed by atoms with Crippen molar-refractivity contribution in [3.63, 3.8) is 0 Å². The van der Waals surface area contributed by atoms with Gasteiger partial charge in [0.2, 0.25) is 0 Å². The van der Waals surface area contributed by atoms with E-state index in [1.165, 1.54) is 0 Å². The van der Waals surface area contributed by atoms with Gasteiger partial charge >= 0.3 is 0 Å². The summed E-state index contributed by atoms with van der Waals surface area (Å²) in [4.78, 5) is 12.5. The van der Waals surface area contributed by atoms with E-state index in [2.05, 4.69) is 15.5 Å². The summed E-state index contributed by atoms with van der Waals surface area (Å²) in [5, 5.41) is 13.1. The van der Waals surface area contributed by atoms with Crippen molar-refractivity contribution in [1.82, 2.24) is 14.6 Å². The van der Waals surface area contributed by atoms with Crippen molar-refractivity contribution < 1.29 is 4.79 Å². The molecule has 0 aliphatic heterocycles. The first-order chi connectivity index (χ1) is 11.2. The summed E-state index contributed by atoms with van der Waals surface area (Å²) in [5.74, 6) is 0.630. The van der Waals surface area contributed by atoms with Gasteiger partial charge in [0.15, 0.2) is 5.65 Å². The molecule has 4 aromatic rings. The van der Waals surface area contributed by atoms with E-state index in [1.807, 2.05) is 60.0 Å². The van der Waals surface area contributed by atoms with Crippen molar-refractivity contribution in [2.45, 2.75) is 6.92 Å². The van der Waals surface area contributed by atoms with Crippen molar-refractivity contribution in [2.75, 3.05) is 5.32 Å². The Hall–Kier alpha value is -3.21. The predicted molar refractivity (Wildman–Crippen MR) is 89.6 cm³/mol. The van der Waals surface area contributed by atoms with Crippen LogP contribution in [0, 0.1) is 6.92 Å². The fourth-order valence-electron chi connectivity index (χ4n) is 2.68. The molecule has 2 aromatic carbocycles. The highest BCUT2D eigenvalue weighted by Gasteiger charge is 2.10. The van der Waals surface area contributed by atoms with Crippen LogP contribution in [0.4, 0.5) is 5.69 Å². The molecule has 0 aliphatic rings. The van der Waals surface area contributed by atoms with Crippen molar-refractivity contribution in [3.8, 4) is 0 Å². The maximum Gasteiger partial charge on any atom is 0.255 e. The van der Waals surface area contributed by atoms with Crippen LogP contribution in [0.2, 0.25) is 0 Å². The third-order valence-electron chi connectivity index (χ3n) is 3.88. The van der Waals surface area contributed by atoms with Crippen LogP contribution in [-0.4, -0.2) is 20.5 Å². The van der Waals surface area contributed by atoms with Crippen molar-refractivity contribution in [3.05, 3.63) is 72.2 Å². The molecule has 1 amide bonds. The van der Waals surface area contributed by atoms with Crippen molar-refractivity contribution in [1.29, 1.82) is 0 Å². The maximum atomic E-state index is 12.5. The molecule has 0 bridgehead atoms. The standard InChI is InChI=1S/C18H14N4O/c1-12-20-21-17-11-14(9-10-22(12)17)18(23)19-16-8-4-6-13-5-2-3-7-15(13)16/h2-11H,1H3,(H,19,23). The predicted octanol–water partition coefficient (Wildman–Crippen LogP) is 3.44. The molecule has 5 heteroatoms. The van der Waals surface area contributed by atoms with Crippen LogP contribution in [0.3, 0.4) is 0 Å². The molecule has 5 nitrogen and oxygen atoms in total. The summed E-state index contributed by atoms with van der Waals surface area (Å²) in [5.41, 5.74) is 2.01. The summed E-state index contributed by atoms with van der Waals surface area (Å²) in [7, 11) is 0. The lowest BCUT2D eigenvalue weighted by Crippen LogP contribution is -2.12. The summed E-state index contributed by atoms with van der Waals surface area (Å²) in [6, 6.07) is 17.3. The molecule has 112 valence electrons. The zero-order chi connectivity index (χ0) is 15.8. The van der Waals surface area contributed by atoms with E-state index in [1.54, 1.807) is 12.1 Å². The molecule has 0 aliphatic carbocycles. The monoisotopic (exact) mass is 302 g/mol. The van der Waals surface area contributed by atoms with Crippen LogP contribution in [0.25, 0.3) is 16.4 Å². The number of carbonyl (C=O) groups excluding carboxylic acids is 1. The van der Waals surface area contributed by atoms with Gasteiger partial charge in [-0.1, -0.05) is 36.4 Å². The Labute approximate surface area is 132 Å². The summed E-state index contributed by atoms with van der Waals surface area (Å²) in [6.07, 6.45) is 1.81. The van der Waals surface area contributed by atoms with Crippen LogP contribution in [0.15, 0.2) is 60.8 Å². The Bertz CT molecular complexity index is 1030. The number of benzene rings is 2. The van der Waals surface area contributed by atoms with Gasteiger partial charge in [-0.15, -0.1) is 10.2 Å². The molecule has 2 heterocycles. The Morgan fingerprint density at radius 3 is 2.78 bits per heavy atom. The Morgan fingerprint density at radius 2 is 1.87 bits per heavy atom. The van der Waals surface area contributed by atoms with Gasteiger partial charge in [-0.3, -0.25) is 9.20 Å². The van der Waals surface area contributed by atoms with Gasteiger partial charge in [0.25, 0.3) is 5.91 Å². The summed E-state index contributed by atoms with van der Waals surface area (Å²) in [6.45, 7) is 1.87. The molecule has 0 atom stereocenters. The lowest BCUT2D eigenvalue weighted by Gasteiger charge is -2.09. The van der Waals surface area contributed by atoms with E-state index >= 15 is 0 Å². The number of nitrogens with zero attached hydrogens (tertiary/aromatic N) is 3. The highest BCUT2D eigenvalue weighted by molar-refractivity contribution is 6.09. The third-order valence-corrected chi connectivity index (χ3v) is 3.88. The van der Waals surface area contributed by atoms with E-state index in [0.29, 0.717) is 11.2 Å². The number of rotatable bonds is 2. The average Bonchev–Trinajstić information content (AvgIpc) is 2.96. The van der Waals surface area contributed by atoms with Crippen LogP contribution < -0.4 is 5.32 Å². The lowest BCUT2D eigenvalue weighted by molar-refractivity contribution is 0.102. The van der Waals surface area contributed by atoms with Gasteiger partial charge in [0, 0.05) is 22.8 Å². The summed E-state index contributed by atoms with van der Waals surface area (Å²) >= 11 is 0. The fraction of sp³-hybridized carbons (Fsp3) is 0.0556. The van der Waals surface area contributed by atoms with Gasteiger partial charge in [0.05, 0.1) is 0 Å². The molecule has 0 spiro atoms. The minimum absolute atomic E-state index is 0.162. The minimum Gasteiger partial charge on any atom is -0.321 e. The smallest absolute Gasteiger partial charge is 0.255 e. The largest absolute Gasteiger partial charge is 0.321 e. The number of hydrogen-bond donors (Lipinski definition) is 1. The Morgan fingerprint density at radius 1 is 1.04 bits per heavy atom. The van der Waals surface area contributed by atoms with Gasteiger partial charge in [-0.2, -0.15) is 0 Å². The zero-order valence-corrected chi connectivity index (χ0v) is 12.5. The molecule has 2 aromatic heterocycles. The quantitative estimate of drug-likeness (QED) is 0.617. The number of amides is 1. The van der Waals surface area contributed by atoms with E-state index in [-0.39, 0.29) is 5.91 Å². The second-order valence-electron chi connectivity index (χ2n) is 5.37. The number of anilines is 1. The zero-order valence-electron chi connectivity index (χ0n) is 12.5. The van der Waals surface area contributed by atoms with Gasteiger partial charge in [-0.05, 0) is 30.5 Å². The van der Waals surface area contributed by atoms with Crippen LogP contribution in [-0.2, 0) is 0 Å². The normalized spacial score (nSPS) is 11.0. The van der Waals surface area contributed by atoms with Crippen LogP contribution in [0.1, 0.15) is 16.2 Å². The number of pyridine rings is 1. The van der Waals surface area contributed by atoms with Crippen LogP contribution in [0.5, 0.6) is 0 Å². The number of fused-ring (bicyclic) bond motifs is 2. The number of hydrogen-bond acceptors (Lipinski definition) is 3. The molecule has 1 N–H and O–H groups in total. The Balaban J connectivity index is 1.70. The van der Waals surface area contributed by atoms with E-state index in [9.17, 15) is 4.79 Å².